The van der Waals surface area contributed by atoms with Crippen molar-refractivity contribution in [3.8, 4) is 0 Å². The zero-order chi connectivity index (χ0) is 88.1. The first-order valence-electron chi connectivity index (χ1n) is 38.0. The number of esters is 2. The van der Waals surface area contributed by atoms with Crippen LogP contribution in [0.1, 0.15) is 53.2 Å². The standard InChI is InChI=1S/C66H106F2N5O45PS/c1-5-22-47-33(81)40(88)56(104-22)113-48-23(11-74)106-58(42(90)35(48)83)116-51-26(14-77)109-61(45(93)38(51)86)118-53-29(110-62(46(94)39(53)87)117-52-27(15-78)108-60(44(92)37(52)85)115-50-25(13-76)107-59(43(91)36(50)84)114-49-24(12-75)105-57(112-47)41(89)34(49)82)19-120-18-21(72-65(3,4)6-2)55(96)70-9-7-31(79)100-17-32(80)101-20-103-119(98,99)102-16-28-54(95)66(67,68)63(111-28)73-10-8-30(69)71-64(73)97/h8,10,21-29,33-54,56-63,72,74-78,81-95H,5-7,9,11-20H2,1-4H3,(H,70,96)(H,98,99)(H2,69,71,97)/t21-,22?,23?,24?,25?,26?,27?,28-,29?,33?,34?,35?,36?,37?,38?,39?,40?,41?,42?,43?,44?,45?,46?,47-,48-,49-,50-,51-,52-,53-,54-,56-,57-,58-,59-,60-,61-,62-,63-/m1/s1. The number of alkyl halides is 2. The number of phosphoric ester groups is 1. The first kappa shape index (κ1) is 98.2. The highest BCUT2D eigenvalue weighted by molar-refractivity contribution is 7.99. The summed E-state index contributed by atoms with van der Waals surface area (Å²) in [6.45, 7) is -2.98. The molecule has 690 valence electrons. The maximum atomic E-state index is 15.0. The van der Waals surface area contributed by atoms with Crippen LogP contribution >= 0.6 is 19.6 Å². The third-order valence-corrected chi connectivity index (χ3v) is 23.5. The van der Waals surface area contributed by atoms with Crippen LogP contribution in [0.15, 0.2) is 17.1 Å². The number of thioether (sulfide) groups is 1. The molecule has 22 aliphatic rings. The number of phosphoric acid groups is 1. The second-order valence-corrected chi connectivity index (χ2v) is 32.6. The Kier molecular flexibility index (Phi) is 34.6. The molecule has 1 amide bonds. The van der Waals surface area contributed by atoms with Crippen LogP contribution in [0, 0.1) is 0 Å². The van der Waals surface area contributed by atoms with E-state index in [1.807, 2.05) is 0 Å². The Morgan fingerprint density at radius 1 is 0.533 bits per heavy atom. The number of aliphatic hydroxyl groups excluding tert-OH is 20. The lowest BCUT2D eigenvalue weighted by atomic mass is 9.94. The van der Waals surface area contributed by atoms with Gasteiger partial charge in [0.2, 0.25) is 18.9 Å². The monoisotopic (exact) mass is 1790 g/mol. The van der Waals surface area contributed by atoms with Gasteiger partial charge < -0.3 is 204 Å². The number of carbonyl (C=O) groups is 3. The molecule has 23 rings (SSSR count). The molecule has 40 atom stereocenters. The lowest BCUT2D eigenvalue weighted by Gasteiger charge is -2.50. The highest BCUT2D eigenvalue weighted by Crippen LogP contribution is 2.48. The van der Waals surface area contributed by atoms with Crippen LogP contribution in [0.4, 0.5) is 14.6 Å². The van der Waals surface area contributed by atoms with Gasteiger partial charge in [0.1, 0.15) is 171 Å². The maximum absolute atomic E-state index is 15.0. The number of aliphatic hydroxyl groups is 20. The van der Waals surface area contributed by atoms with Crippen LogP contribution in [0.2, 0.25) is 0 Å². The zero-order valence-electron chi connectivity index (χ0n) is 64.3. The van der Waals surface area contributed by atoms with Gasteiger partial charge in [-0.2, -0.15) is 25.5 Å². The predicted molar refractivity (Wildman–Crippen MR) is 377 cm³/mol. The van der Waals surface area contributed by atoms with Crippen molar-refractivity contribution in [2.45, 2.75) is 298 Å². The number of nitrogens with two attached hydrogens (primary N) is 1. The number of aromatic nitrogens is 2. The van der Waals surface area contributed by atoms with Gasteiger partial charge in [0.25, 0.3) is 0 Å². The molecule has 14 bridgehead atoms. The number of nitrogen functional groups attached to an aromatic ring is 1. The van der Waals surface area contributed by atoms with Crippen molar-refractivity contribution in [1.29, 1.82) is 0 Å². The largest absolute Gasteiger partial charge is 0.475 e. The molecular weight excluding hydrogens is 1680 g/mol. The number of nitrogens with zero attached hydrogens (tertiary/aromatic N) is 2. The lowest BCUT2D eigenvalue weighted by Crippen LogP contribution is -2.68. The Balaban J connectivity index is 0.830. The topological polar surface area (TPSA) is 753 Å². The molecular formula is C66H106F2N5O45PS. The Morgan fingerprint density at radius 3 is 1.25 bits per heavy atom. The molecule has 0 spiro atoms. The van der Waals surface area contributed by atoms with Crippen molar-refractivity contribution in [2.75, 3.05) is 76.8 Å². The smallest absolute Gasteiger partial charge is 0.454 e. The number of amides is 1. The minimum atomic E-state index is -5.28. The number of nitrogens with one attached hydrogen (secondary N) is 2. The van der Waals surface area contributed by atoms with Crippen LogP contribution in [-0.4, -0.2) is 450 Å². The van der Waals surface area contributed by atoms with Gasteiger partial charge in [-0.15, -0.1) is 0 Å². The van der Waals surface area contributed by atoms with Crippen molar-refractivity contribution in [1.82, 2.24) is 20.2 Å². The van der Waals surface area contributed by atoms with Gasteiger partial charge in [0.05, 0.1) is 64.3 Å². The SMILES string of the molecule is CCC1O[C@@H]2O[C@@H]3C(CO)O[C@H](O[C@@H]4C(CO)O[C@H](O[C@@H]5C(CSC[C@@H](NC(C)(C)CC)C(=O)NCCC(=O)OCC(=O)OCOP(=O)(O)OC[C@H]6O[C@@H](n7ccc(N)nc7=O)C(F)(F)[C@@H]6O)O[C@H](O[C@@H]6C(CO)O[C@H](O[C@@H]7C(CO)O[C@H](O[C@@H]8C(CO)O[C@H](O[C@H]1C(O)C2O)C(O)C8O)C(O)C7O)C(O)C6O)C(O)C5O)C(O)C4O)C(O)C3O. The fourth-order valence-corrected chi connectivity index (χ4v) is 16.1. The average molecular weight is 1790 g/mol. The molecule has 54 heteroatoms. The number of ether oxygens (including phenoxy) is 17. The van der Waals surface area contributed by atoms with Crippen molar-refractivity contribution < 1.29 is 224 Å². The van der Waals surface area contributed by atoms with E-state index in [-0.39, 0.29) is 18.0 Å². The minimum absolute atomic E-state index is 0.102. The summed E-state index contributed by atoms with van der Waals surface area (Å²) in [5.41, 5.74) is 3.28. The molecule has 1 aromatic rings. The molecule has 0 aromatic carbocycles. The van der Waals surface area contributed by atoms with Crippen LogP contribution < -0.4 is 22.1 Å². The second kappa shape index (κ2) is 42.3. The summed E-state index contributed by atoms with van der Waals surface area (Å²) in [6.07, 6.45) is -78.2. The predicted octanol–water partition coefficient (Wildman–Crippen LogP) is -13.5. The van der Waals surface area contributed by atoms with E-state index in [9.17, 15) is 140 Å². The normalized spacial score (nSPS) is 43.5. The molecule has 22 saturated heterocycles. The fourth-order valence-electron chi connectivity index (χ4n) is 14.4. The maximum Gasteiger partial charge on any atom is 0.475 e. The first-order chi connectivity index (χ1) is 56.7. The van der Waals surface area contributed by atoms with Gasteiger partial charge in [0, 0.05) is 29.8 Å². The number of hydrogen-bond acceptors (Lipinski definition) is 48. The van der Waals surface area contributed by atoms with Crippen LogP contribution in [0.25, 0.3) is 0 Å². The van der Waals surface area contributed by atoms with Crippen LogP contribution in [-0.2, 0) is 109 Å². The summed E-state index contributed by atoms with van der Waals surface area (Å²) < 4.78 is 149. The molecule has 1 aromatic heterocycles. The highest BCUT2D eigenvalue weighted by Gasteiger charge is 2.63. The molecule has 23 heterocycles. The number of anilines is 1. The van der Waals surface area contributed by atoms with Crippen molar-refractivity contribution in [3.05, 3.63) is 22.7 Å². The second-order valence-electron chi connectivity index (χ2n) is 30.1. The van der Waals surface area contributed by atoms with E-state index in [4.69, 9.17) is 81.5 Å². The third-order valence-electron chi connectivity index (χ3n) is 21.5. The molecule has 0 radical (unpaired) electrons. The summed E-state index contributed by atoms with van der Waals surface area (Å²) >= 11 is 0.864. The van der Waals surface area contributed by atoms with Gasteiger partial charge >= 0.3 is 31.4 Å². The molecule has 22 unspecified atom stereocenters. The lowest BCUT2D eigenvalue weighted by molar-refractivity contribution is -0.395. The summed E-state index contributed by atoms with van der Waals surface area (Å²) in [7, 11) is -5.28. The number of hydrogen-bond donors (Lipinski definition) is 24. The molecule has 22 fully saturated rings. The Bertz CT molecular complexity index is 3560. The van der Waals surface area contributed by atoms with Crippen molar-refractivity contribution in [2.24, 2.45) is 0 Å². The van der Waals surface area contributed by atoms with Gasteiger partial charge in [-0.25, -0.2) is 18.7 Å². The van der Waals surface area contributed by atoms with E-state index in [1.165, 1.54) is 6.92 Å². The Morgan fingerprint density at radius 2 is 0.892 bits per heavy atom. The number of carbonyl (C=O) groups excluding carboxylic acids is 3. The quantitative estimate of drug-likeness (QED) is 0.0233. The fraction of sp³-hybridized carbons (Fsp3) is 0.894. The molecule has 50 nitrogen and oxygen atoms in total. The Hall–Kier alpha value is -4.03. The minimum Gasteiger partial charge on any atom is -0.454 e. The molecule has 25 N–H and O–H groups in total. The van der Waals surface area contributed by atoms with Crippen molar-refractivity contribution >= 4 is 43.2 Å². The van der Waals surface area contributed by atoms with Gasteiger partial charge in [0.15, 0.2) is 56.7 Å². The Labute approximate surface area is 683 Å². The van der Waals surface area contributed by atoms with Gasteiger partial charge in [-0.1, -0.05) is 13.8 Å². The first-order valence-corrected chi connectivity index (χ1v) is 40.7. The van der Waals surface area contributed by atoms with E-state index in [0.29, 0.717) is 11.0 Å². The number of halogens is 2. The zero-order valence-corrected chi connectivity index (χ0v) is 66.1. The summed E-state index contributed by atoms with van der Waals surface area (Å²) in [6, 6.07) is -0.243. The van der Waals surface area contributed by atoms with Gasteiger partial charge in [-0.05, 0) is 32.8 Å². The van der Waals surface area contributed by atoms with Crippen molar-refractivity contribution in [3.63, 3.8) is 0 Å². The molecule has 120 heavy (non-hydrogen) atoms. The highest BCUT2D eigenvalue weighted by atomic mass is 32.2. The number of rotatable bonds is 26. The van der Waals surface area contributed by atoms with Gasteiger partial charge in [-0.3, -0.25) is 18.7 Å². The summed E-state index contributed by atoms with van der Waals surface area (Å²) in [4.78, 5) is 65.0. The van der Waals surface area contributed by atoms with E-state index in [0.717, 1.165) is 24.0 Å². The van der Waals surface area contributed by atoms with E-state index < -0.39 is 354 Å². The molecule has 0 aliphatic carbocycles. The molecule has 22 aliphatic heterocycles. The molecule has 0 saturated carbocycles. The summed E-state index contributed by atoms with van der Waals surface area (Å²) in [5.74, 6) is -8.48. The van der Waals surface area contributed by atoms with E-state index >= 15 is 0 Å². The average Bonchev–Trinajstić information content (AvgIpc) is 1.42. The summed E-state index contributed by atoms with van der Waals surface area (Å²) in [5, 5.41) is 233. The van der Waals surface area contributed by atoms with E-state index in [2.05, 4.69) is 29.4 Å². The van der Waals surface area contributed by atoms with Crippen LogP contribution in [0.5, 0.6) is 0 Å². The van der Waals surface area contributed by atoms with E-state index in [1.54, 1.807) is 20.8 Å². The van der Waals surface area contributed by atoms with Crippen LogP contribution in [0.3, 0.4) is 0 Å². The third kappa shape index (κ3) is 22.4.